The van der Waals surface area contributed by atoms with Crippen LogP contribution in [0.15, 0.2) is 58.3 Å². The zero-order valence-corrected chi connectivity index (χ0v) is 18.7. The Labute approximate surface area is 188 Å². The van der Waals surface area contributed by atoms with Crippen LogP contribution in [0.5, 0.6) is 0 Å². The largest absolute Gasteiger partial charge is 0.396 e. The van der Waals surface area contributed by atoms with Gasteiger partial charge in [-0.2, -0.15) is 5.10 Å². The quantitative estimate of drug-likeness (QED) is 0.357. The molecule has 4 N–H and O–H groups in total. The zero-order chi connectivity index (χ0) is 22.4. The maximum atomic E-state index is 13.2. The minimum Gasteiger partial charge on any atom is -0.396 e. The molecule has 8 nitrogen and oxygen atoms in total. The van der Waals surface area contributed by atoms with Crippen LogP contribution in [-0.4, -0.2) is 41.9 Å². The van der Waals surface area contributed by atoms with E-state index in [9.17, 15) is 8.42 Å². The van der Waals surface area contributed by atoms with E-state index in [0.29, 0.717) is 36.3 Å². The normalized spacial score (nSPS) is 14.9. The molecule has 2 aromatic heterocycles. The summed E-state index contributed by atoms with van der Waals surface area (Å²) in [6.07, 6.45) is 6.60. The first kappa shape index (κ1) is 22.3. The summed E-state index contributed by atoms with van der Waals surface area (Å²) in [7, 11) is -3.72. The van der Waals surface area contributed by atoms with Gasteiger partial charge in [0.05, 0.1) is 9.79 Å². The lowest BCUT2D eigenvalue weighted by atomic mass is 9.87. The third-order valence-corrected chi connectivity index (χ3v) is 7.45. The lowest BCUT2D eigenvalue weighted by Gasteiger charge is -2.19. The number of nitrogens with one attached hydrogen (secondary N) is 3. The molecule has 0 unspecified atom stereocenters. The fourth-order valence-electron chi connectivity index (χ4n) is 4.00. The molecule has 1 saturated carbocycles. The second-order valence-electron chi connectivity index (χ2n) is 8.06. The summed E-state index contributed by atoms with van der Waals surface area (Å²) in [6, 6.07) is 13.3. The van der Waals surface area contributed by atoms with Crippen molar-refractivity contribution in [3.63, 3.8) is 0 Å². The van der Waals surface area contributed by atoms with E-state index in [4.69, 9.17) is 5.11 Å². The summed E-state index contributed by atoms with van der Waals surface area (Å²) in [5.74, 6) is 1.89. The molecular formula is C23H29N5O3S. The molecule has 0 aliphatic heterocycles. The highest BCUT2D eigenvalue weighted by molar-refractivity contribution is 7.91. The van der Waals surface area contributed by atoms with E-state index in [0.717, 1.165) is 18.5 Å². The molecule has 1 aliphatic carbocycles. The van der Waals surface area contributed by atoms with Crippen LogP contribution in [0.1, 0.15) is 50.1 Å². The van der Waals surface area contributed by atoms with Gasteiger partial charge in [-0.05, 0) is 37.5 Å². The number of aromatic amines is 1. The molecule has 0 radical (unpaired) electrons. The number of hydrogen-bond donors (Lipinski definition) is 4. The van der Waals surface area contributed by atoms with E-state index < -0.39 is 9.84 Å². The first-order valence-electron chi connectivity index (χ1n) is 11.1. The van der Waals surface area contributed by atoms with Gasteiger partial charge in [-0.3, -0.25) is 5.10 Å². The van der Waals surface area contributed by atoms with Gasteiger partial charge in [0.25, 0.3) is 0 Å². The van der Waals surface area contributed by atoms with Crippen molar-refractivity contribution in [3.05, 3.63) is 54.2 Å². The van der Waals surface area contributed by atoms with E-state index in [-0.39, 0.29) is 16.4 Å². The number of sulfone groups is 1. The Kier molecular flexibility index (Phi) is 7.06. The first-order chi connectivity index (χ1) is 15.6. The fraction of sp³-hybridized carbons (Fsp3) is 0.391. The van der Waals surface area contributed by atoms with Gasteiger partial charge in [-0.15, -0.1) is 0 Å². The summed E-state index contributed by atoms with van der Waals surface area (Å²) in [6.45, 7) is 0.517. The Morgan fingerprint density at radius 3 is 2.47 bits per heavy atom. The molecular weight excluding hydrogens is 426 g/mol. The lowest BCUT2D eigenvalue weighted by Crippen LogP contribution is -2.09. The molecule has 3 aromatic rings. The Bertz CT molecular complexity index is 1130. The summed E-state index contributed by atoms with van der Waals surface area (Å²) in [5, 5.41) is 22.8. The van der Waals surface area contributed by atoms with Gasteiger partial charge < -0.3 is 15.7 Å². The van der Waals surface area contributed by atoms with Crippen LogP contribution in [0, 0.1) is 0 Å². The van der Waals surface area contributed by atoms with Crippen molar-refractivity contribution in [3.8, 4) is 0 Å². The van der Waals surface area contributed by atoms with Crippen LogP contribution in [0.4, 0.5) is 17.5 Å². The van der Waals surface area contributed by atoms with E-state index in [1.54, 1.807) is 30.3 Å². The minimum atomic E-state index is -3.72. The van der Waals surface area contributed by atoms with Crippen molar-refractivity contribution in [1.82, 2.24) is 15.2 Å². The number of benzene rings is 1. The van der Waals surface area contributed by atoms with Crippen molar-refractivity contribution >= 4 is 27.3 Å². The lowest BCUT2D eigenvalue weighted by molar-refractivity contribution is 0.292. The topological polar surface area (TPSA) is 120 Å². The summed E-state index contributed by atoms with van der Waals surface area (Å²) in [4.78, 5) is 4.86. The third kappa shape index (κ3) is 5.28. The molecule has 32 heavy (non-hydrogen) atoms. The molecule has 1 aliphatic rings. The average Bonchev–Trinajstić information content (AvgIpc) is 3.29. The van der Waals surface area contributed by atoms with Gasteiger partial charge in [0.1, 0.15) is 11.6 Å². The van der Waals surface area contributed by atoms with Crippen LogP contribution in [0.3, 0.4) is 0 Å². The van der Waals surface area contributed by atoms with Crippen LogP contribution >= 0.6 is 0 Å². The summed E-state index contributed by atoms with van der Waals surface area (Å²) in [5.41, 5.74) is 1.10. The molecule has 1 fully saturated rings. The molecule has 1 aromatic carbocycles. The Morgan fingerprint density at radius 2 is 1.72 bits per heavy atom. The van der Waals surface area contributed by atoms with Crippen molar-refractivity contribution < 1.29 is 13.5 Å². The fourth-order valence-corrected chi connectivity index (χ4v) is 5.32. The highest BCUT2D eigenvalue weighted by atomic mass is 32.2. The average molecular weight is 456 g/mol. The molecule has 0 spiro atoms. The molecule has 0 bridgehead atoms. The predicted octanol–water partition coefficient (Wildman–Crippen LogP) is 4.22. The second kappa shape index (κ2) is 10.1. The molecule has 0 atom stereocenters. The molecule has 0 amide bonds. The minimum absolute atomic E-state index is 0.0390. The van der Waals surface area contributed by atoms with Gasteiger partial charge in [-0.1, -0.05) is 37.5 Å². The number of H-pyrrole nitrogens is 1. The van der Waals surface area contributed by atoms with E-state index in [1.807, 2.05) is 6.07 Å². The van der Waals surface area contributed by atoms with Crippen molar-refractivity contribution in [2.75, 3.05) is 23.8 Å². The summed E-state index contributed by atoms with van der Waals surface area (Å²) < 4.78 is 26.4. The van der Waals surface area contributed by atoms with Gasteiger partial charge >= 0.3 is 0 Å². The molecule has 170 valence electrons. The maximum absolute atomic E-state index is 13.2. The standard InChI is InChI=1S/C23H29N5O3S/c29-13-7-12-24-21-14-19(32(30,31)18-10-5-2-6-11-18)15-22(25-21)26-23-16-20(27-28-23)17-8-3-1-4-9-17/h2,5-6,10-11,14-17,29H,1,3-4,7-9,12-13H2,(H3,24,25,26,27,28). The van der Waals surface area contributed by atoms with Gasteiger partial charge in [0.2, 0.25) is 9.84 Å². The molecule has 9 heteroatoms. The van der Waals surface area contributed by atoms with Crippen LogP contribution in [-0.2, 0) is 9.84 Å². The van der Waals surface area contributed by atoms with Crippen molar-refractivity contribution in [1.29, 1.82) is 0 Å². The Hall–Kier alpha value is -2.91. The number of pyridine rings is 1. The van der Waals surface area contributed by atoms with Gasteiger partial charge in [0, 0.05) is 36.9 Å². The van der Waals surface area contributed by atoms with E-state index in [2.05, 4.69) is 25.8 Å². The third-order valence-electron chi connectivity index (χ3n) is 5.70. The zero-order valence-electron chi connectivity index (χ0n) is 17.9. The first-order valence-corrected chi connectivity index (χ1v) is 12.5. The van der Waals surface area contributed by atoms with Gasteiger partial charge in [0.15, 0.2) is 5.82 Å². The number of hydrogen-bond acceptors (Lipinski definition) is 7. The second-order valence-corrected chi connectivity index (χ2v) is 10.0. The van der Waals surface area contributed by atoms with E-state index in [1.165, 1.54) is 31.4 Å². The molecule has 4 rings (SSSR count). The smallest absolute Gasteiger partial charge is 0.206 e. The van der Waals surface area contributed by atoms with Crippen LogP contribution in [0.25, 0.3) is 0 Å². The Morgan fingerprint density at radius 1 is 0.969 bits per heavy atom. The van der Waals surface area contributed by atoms with Crippen molar-refractivity contribution in [2.45, 2.75) is 54.2 Å². The Balaban J connectivity index is 1.61. The highest BCUT2D eigenvalue weighted by Crippen LogP contribution is 2.33. The van der Waals surface area contributed by atoms with Crippen LogP contribution < -0.4 is 10.6 Å². The number of anilines is 3. The van der Waals surface area contributed by atoms with Gasteiger partial charge in [-0.25, -0.2) is 13.4 Å². The van der Waals surface area contributed by atoms with Crippen LogP contribution in [0.2, 0.25) is 0 Å². The van der Waals surface area contributed by atoms with E-state index >= 15 is 0 Å². The monoisotopic (exact) mass is 455 g/mol. The number of aliphatic hydroxyl groups is 1. The molecule has 0 saturated heterocycles. The highest BCUT2D eigenvalue weighted by Gasteiger charge is 2.21. The number of rotatable bonds is 9. The predicted molar refractivity (Wildman–Crippen MR) is 124 cm³/mol. The number of aliphatic hydroxyl groups excluding tert-OH is 1. The maximum Gasteiger partial charge on any atom is 0.206 e. The molecule has 2 heterocycles. The number of aromatic nitrogens is 3. The summed E-state index contributed by atoms with van der Waals surface area (Å²) >= 11 is 0. The number of nitrogens with zero attached hydrogens (tertiary/aromatic N) is 2. The SMILES string of the molecule is O=S(=O)(c1ccccc1)c1cc(NCCCO)nc(Nc2cc(C3CCCCC3)[nH]n2)c1. The van der Waals surface area contributed by atoms with Crippen molar-refractivity contribution in [2.24, 2.45) is 0 Å².